The fraction of sp³-hybridized carbons (Fsp3) is 0.536. The SMILES string of the molecule is COc1cc(-c2ccc(N[C@]3(C(=O)O)C[C@@H](OC)C3)cc2COC2CCCC2)c(C)c(OC)c1C. The van der Waals surface area contributed by atoms with Crippen LogP contribution < -0.4 is 14.8 Å². The molecule has 190 valence electrons. The summed E-state index contributed by atoms with van der Waals surface area (Å²) in [5, 5.41) is 13.2. The first-order valence-electron chi connectivity index (χ1n) is 12.3. The van der Waals surface area contributed by atoms with Gasteiger partial charge in [-0.3, -0.25) is 0 Å². The maximum Gasteiger partial charge on any atom is 0.329 e. The Morgan fingerprint density at radius 3 is 2.31 bits per heavy atom. The van der Waals surface area contributed by atoms with Gasteiger partial charge in [-0.05, 0) is 67.1 Å². The van der Waals surface area contributed by atoms with E-state index in [0.29, 0.717) is 19.4 Å². The molecule has 2 aliphatic carbocycles. The van der Waals surface area contributed by atoms with Crippen molar-refractivity contribution in [2.45, 2.75) is 76.7 Å². The van der Waals surface area contributed by atoms with E-state index in [9.17, 15) is 9.90 Å². The van der Waals surface area contributed by atoms with Gasteiger partial charge in [-0.1, -0.05) is 18.9 Å². The standard InChI is InChI=1S/C28H37NO6/c1-17-24(13-25(33-4)18(2)26(17)34-5)23-11-10-20(12-19(23)16-35-21-8-6-7-9-21)29-28(27(30)31)14-22(15-28)32-3/h10-13,21-22,29H,6-9,14-16H2,1-5H3,(H,30,31)/t22-,28-. The quantitative estimate of drug-likeness (QED) is 0.462. The van der Waals surface area contributed by atoms with Crippen LogP contribution in [0, 0.1) is 13.8 Å². The first-order valence-corrected chi connectivity index (χ1v) is 12.3. The number of nitrogens with one attached hydrogen (secondary N) is 1. The second-order valence-electron chi connectivity index (χ2n) is 9.78. The predicted octanol–water partition coefficient (Wildman–Crippen LogP) is 5.49. The monoisotopic (exact) mass is 483 g/mol. The van der Waals surface area contributed by atoms with Gasteiger partial charge in [0.2, 0.25) is 0 Å². The van der Waals surface area contributed by atoms with Crippen molar-refractivity contribution in [1.82, 2.24) is 0 Å². The zero-order valence-electron chi connectivity index (χ0n) is 21.4. The van der Waals surface area contributed by atoms with Crippen molar-refractivity contribution in [2.75, 3.05) is 26.6 Å². The Kier molecular flexibility index (Phi) is 7.57. The molecule has 2 fully saturated rings. The summed E-state index contributed by atoms with van der Waals surface area (Å²) in [5.74, 6) is 0.703. The third-order valence-corrected chi connectivity index (χ3v) is 7.61. The number of hydrogen-bond acceptors (Lipinski definition) is 6. The summed E-state index contributed by atoms with van der Waals surface area (Å²) < 4.78 is 23.0. The van der Waals surface area contributed by atoms with Gasteiger partial charge in [0.25, 0.3) is 0 Å². The Balaban J connectivity index is 1.72. The van der Waals surface area contributed by atoms with Crippen molar-refractivity contribution in [2.24, 2.45) is 0 Å². The van der Waals surface area contributed by atoms with Gasteiger partial charge in [-0.2, -0.15) is 0 Å². The highest BCUT2D eigenvalue weighted by Gasteiger charge is 2.51. The van der Waals surface area contributed by atoms with Crippen molar-refractivity contribution in [1.29, 1.82) is 0 Å². The number of carboxylic acids is 1. The maximum absolute atomic E-state index is 12.1. The van der Waals surface area contributed by atoms with Gasteiger partial charge in [0.15, 0.2) is 0 Å². The molecule has 7 nitrogen and oxygen atoms in total. The zero-order valence-corrected chi connectivity index (χ0v) is 21.4. The van der Waals surface area contributed by atoms with Crippen LogP contribution in [0.5, 0.6) is 11.5 Å². The Hall–Kier alpha value is -2.77. The number of rotatable bonds is 10. The molecule has 0 saturated heterocycles. The van der Waals surface area contributed by atoms with Crippen molar-refractivity contribution in [3.8, 4) is 22.6 Å². The third-order valence-electron chi connectivity index (χ3n) is 7.61. The van der Waals surface area contributed by atoms with Crippen LogP contribution >= 0.6 is 0 Å². The minimum Gasteiger partial charge on any atom is -0.496 e. The van der Waals surface area contributed by atoms with E-state index in [1.165, 1.54) is 12.8 Å². The summed E-state index contributed by atoms with van der Waals surface area (Å²) >= 11 is 0. The van der Waals surface area contributed by atoms with Gasteiger partial charge in [0, 0.05) is 31.2 Å². The second kappa shape index (κ2) is 10.5. The van der Waals surface area contributed by atoms with Crippen LogP contribution in [0.3, 0.4) is 0 Å². The number of benzene rings is 2. The molecule has 35 heavy (non-hydrogen) atoms. The lowest BCUT2D eigenvalue weighted by Crippen LogP contribution is -2.59. The average Bonchev–Trinajstić information content (AvgIpc) is 3.34. The summed E-state index contributed by atoms with van der Waals surface area (Å²) in [5.41, 5.74) is 4.77. The number of ether oxygens (including phenoxy) is 4. The highest BCUT2D eigenvalue weighted by atomic mass is 16.5. The number of anilines is 1. The van der Waals surface area contributed by atoms with Gasteiger partial charge >= 0.3 is 5.97 Å². The molecule has 2 saturated carbocycles. The molecule has 0 bridgehead atoms. The summed E-state index contributed by atoms with van der Waals surface area (Å²) in [4.78, 5) is 12.1. The van der Waals surface area contributed by atoms with E-state index in [2.05, 4.69) is 5.32 Å². The molecule has 0 atom stereocenters. The lowest BCUT2D eigenvalue weighted by Gasteiger charge is -2.44. The van der Waals surface area contributed by atoms with Crippen LogP contribution in [0.25, 0.3) is 11.1 Å². The first kappa shape index (κ1) is 25.3. The largest absolute Gasteiger partial charge is 0.496 e. The number of carbonyl (C=O) groups is 1. The molecule has 2 aromatic carbocycles. The van der Waals surface area contributed by atoms with Crippen molar-refractivity contribution in [3.05, 3.63) is 41.0 Å². The first-order chi connectivity index (χ1) is 16.8. The van der Waals surface area contributed by atoms with Gasteiger partial charge in [0.05, 0.1) is 33.0 Å². The van der Waals surface area contributed by atoms with Crippen molar-refractivity contribution < 1.29 is 28.8 Å². The fourth-order valence-electron chi connectivity index (χ4n) is 5.47. The van der Waals surface area contributed by atoms with Crippen molar-refractivity contribution >= 4 is 11.7 Å². The summed E-state index contributed by atoms with van der Waals surface area (Å²) in [6.45, 7) is 4.49. The molecule has 2 aliphatic rings. The van der Waals surface area contributed by atoms with Crippen LogP contribution in [0.1, 0.15) is 55.2 Å². The molecule has 4 rings (SSSR count). The molecule has 0 aromatic heterocycles. The maximum atomic E-state index is 12.1. The highest BCUT2D eigenvalue weighted by molar-refractivity contribution is 5.85. The normalized spacial score (nSPS) is 22.0. The topological polar surface area (TPSA) is 86.3 Å². The number of carboxylic acid groups (broad SMARTS) is 1. The molecule has 0 radical (unpaired) electrons. The van der Waals surface area contributed by atoms with E-state index in [4.69, 9.17) is 18.9 Å². The van der Waals surface area contributed by atoms with E-state index >= 15 is 0 Å². The van der Waals surface area contributed by atoms with E-state index in [1.54, 1.807) is 21.3 Å². The van der Waals surface area contributed by atoms with E-state index in [-0.39, 0.29) is 12.2 Å². The van der Waals surface area contributed by atoms with E-state index < -0.39 is 11.5 Å². The molecule has 2 aromatic rings. The van der Waals surface area contributed by atoms with Gasteiger partial charge in [-0.15, -0.1) is 0 Å². The number of methoxy groups -OCH3 is 3. The highest BCUT2D eigenvalue weighted by Crippen LogP contribution is 2.42. The average molecular weight is 484 g/mol. The van der Waals surface area contributed by atoms with Gasteiger partial charge in [0.1, 0.15) is 17.0 Å². The molecule has 7 heteroatoms. The Morgan fingerprint density at radius 1 is 1.00 bits per heavy atom. The molecule has 0 amide bonds. The Morgan fingerprint density at radius 2 is 1.71 bits per heavy atom. The summed E-state index contributed by atoms with van der Waals surface area (Å²) in [7, 11) is 4.96. The smallest absolute Gasteiger partial charge is 0.329 e. The second-order valence-corrected chi connectivity index (χ2v) is 9.78. The molecule has 0 aliphatic heterocycles. The van der Waals surface area contributed by atoms with E-state index in [1.807, 2.05) is 38.1 Å². The predicted molar refractivity (Wildman–Crippen MR) is 136 cm³/mol. The molecule has 2 N–H and O–H groups in total. The van der Waals surface area contributed by atoms with Crippen LogP contribution in [0.15, 0.2) is 24.3 Å². The lowest BCUT2D eigenvalue weighted by atomic mass is 9.74. The molecule has 0 heterocycles. The zero-order chi connectivity index (χ0) is 25.2. The summed E-state index contributed by atoms with van der Waals surface area (Å²) in [6.07, 6.45) is 5.65. The lowest BCUT2D eigenvalue weighted by molar-refractivity contribution is -0.151. The number of hydrogen-bond donors (Lipinski definition) is 2. The summed E-state index contributed by atoms with van der Waals surface area (Å²) in [6, 6.07) is 8.04. The fourth-order valence-corrected chi connectivity index (χ4v) is 5.47. The van der Waals surface area contributed by atoms with E-state index in [0.717, 1.165) is 57.8 Å². The Labute approximate surface area is 207 Å². The van der Waals surface area contributed by atoms with Crippen LogP contribution in [-0.2, 0) is 20.9 Å². The molecule has 0 spiro atoms. The Bertz CT molecular complexity index is 1070. The van der Waals surface area contributed by atoms with Gasteiger partial charge < -0.3 is 29.4 Å². The molecule has 0 unspecified atom stereocenters. The molecular formula is C28H37NO6. The van der Waals surface area contributed by atoms with Crippen LogP contribution in [0.4, 0.5) is 5.69 Å². The molecular weight excluding hydrogens is 446 g/mol. The minimum absolute atomic E-state index is 0.0434. The van der Waals surface area contributed by atoms with Crippen LogP contribution in [-0.4, -0.2) is 50.2 Å². The minimum atomic E-state index is -1.02. The van der Waals surface area contributed by atoms with Crippen LogP contribution in [0.2, 0.25) is 0 Å². The van der Waals surface area contributed by atoms with Gasteiger partial charge in [-0.25, -0.2) is 4.79 Å². The van der Waals surface area contributed by atoms with Crippen molar-refractivity contribution in [3.63, 3.8) is 0 Å². The number of aliphatic carboxylic acids is 1. The third kappa shape index (κ3) is 4.98.